The molecule has 0 aromatic heterocycles. The van der Waals surface area contributed by atoms with Gasteiger partial charge in [-0.2, -0.15) is 0 Å². The predicted octanol–water partition coefficient (Wildman–Crippen LogP) is 2.39. The van der Waals surface area contributed by atoms with Crippen molar-refractivity contribution in [3.8, 4) is 0 Å². The summed E-state index contributed by atoms with van der Waals surface area (Å²) in [5.74, 6) is 0. The van der Waals surface area contributed by atoms with Crippen molar-refractivity contribution in [1.82, 2.24) is 4.90 Å². The van der Waals surface area contributed by atoms with Crippen molar-refractivity contribution in [2.45, 2.75) is 44.9 Å². The summed E-state index contributed by atoms with van der Waals surface area (Å²) in [6.07, 6.45) is 0.179. The molecule has 0 saturated carbocycles. The fraction of sp³-hybridized carbons (Fsp3) is 0.929. The molecule has 6 heteroatoms. The molecular weight excluding hydrogens is 265 g/mol. The molecule has 1 aliphatic heterocycles. The van der Waals surface area contributed by atoms with Crippen LogP contribution in [0.25, 0.3) is 0 Å². The van der Waals surface area contributed by atoms with Crippen molar-refractivity contribution >= 4 is 6.09 Å². The third-order valence-electron chi connectivity index (χ3n) is 3.10. The quantitative estimate of drug-likeness (QED) is 0.730. The second-order valence-corrected chi connectivity index (χ2v) is 6.16. The van der Waals surface area contributed by atoms with E-state index in [1.165, 1.54) is 0 Å². The zero-order chi connectivity index (χ0) is 15.2. The van der Waals surface area contributed by atoms with Crippen LogP contribution in [0.3, 0.4) is 0 Å². The highest BCUT2D eigenvalue weighted by atomic mass is 19.1. The molecule has 0 atom stereocenters. The largest absolute Gasteiger partial charge is 0.444 e. The molecule has 0 N–H and O–H groups in total. The number of methoxy groups -OCH3 is 1. The molecule has 0 bridgehead atoms. The first-order valence-corrected chi connectivity index (χ1v) is 6.99. The number of amides is 1. The first kappa shape index (κ1) is 17.2. The number of rotatable bonds is 5. The molecule has 1 amide bonds. The van der Waals surface area contributed by atoms with E-state index >= 15 is 0 Å². The molecule has 1 saturated heterocycles. The molecule has 1 rings (SSSR count). The minimum Gasteiger partial charge on any atom is -0.444 e. The fourth-order valence-corrected chi connectivity index (χ4v) is 1.96. The number of alkyl halides is 1. The van der Waals surface area contributed by atoms with Gasteiger partial charge in [0.2, 0.25) is 0 Å². The first-order chi connectivity index (χ1) is 9.26. The van der Waals surface area contributed by atoms with Gasteiger partial charge in [0, 0.05) is 33.0 Å². The van der Waals surface area contributed by atoms with Gasteiger partial charge in [0.15, 0.2) is 0 Å². The molecule has 118 valence electrons. The van der Waals surface area contributed by atoms with Crippen LogP contribution in [0.5, 0.6) is 0 Å². The van der Waals surface area contributed by atoms with Gasteiger partial charge in [0.05, 0.1) is 19.8 Å². The van der Waals surface area contributed by atoms with E-state index < -0.39 is 11.3 Å². The lowest BCUT2D eigenvalue weighted by atomic mass is 9.94. The standard InChI is InChI=1S/C14H26FNO4/c1-13(2,3)20-12(17)16-7-5-14(15,6-8-16)11-19-10-9-18-4/h5-11H2,1-4H3. The lowest BCUT2D eigenvalue weighted by molar-refractivity contribution is -0.0410. The summed E-state index contributed by atoms with van der Waals surface area (Å²) in [5.41, 5.74) is -1.88. The number of ether oxygens (including phenoxy) is 3. The summed E-state index contributed by atoms with van der Waals surface area (Å²) in [5, 5.41) is 0. The van der Waals surface area contributed by atoms with E-state index in [1.54, 1.807) is 12.0 Å². The number of nitrogens with zero attached hydrogens (tertiary/aromatic N) is 1. The smallest absolute Gasteiger partial charge is 0.410 e. The Morgan fingerprint density at radius 3 is 2.35 bits per heavy atom. The molecule has 0 aromatic rings. The van der Waals surface area contributed by atoms with Crippen LogP contribution in [0.1, 0.15) is 33.6 Å². The van der Waals surface area contributed by atoms with Crippen LogP contribution in [-0.2, 0) is 14.2 Å². The van der Waals surface area contributed by atoms with Crippen LogP contribution in [-0.4, -0.2) is 62.3 Å². The van der Waals surface area contributed by atoms with Crippen molar-refractivity contribution in [2.75, 3.05) is 40.0 Å². The summed E-state index contributed by atoms with van der Waals surface area (Å²) >= 11 is 0. The highest BCUT2D eigenvalue weighted by Crippen LogP contribution is 2.27. The molecule has 1 aliphatic rings. The maximum atomic E-state index is 14.4. The van der Waals surface area contributed by atoms with Gasteiger partial charge >= 0.3 is 6.09 Å². The molecule has 0 spiro atoms. The van der Waals surface area contributed by atoms with Crippen LogP contribution in [0.2, 0.25) is 0 Å². The molecule has 1 fully saturated rings. The second-order valence-electron chi connectivity index (χ2n) is 6.16. The lowest BCUT2D eigenvalue weighted by Gasteiger charge is -2.36. The molecule has 1 heterocycles. The van der Waals surface area contributed by atoms with Crippen LogP contribution >= 0.6 is 0 Å². The summed E-state index contributed by atoms with van der Waals surface area (Å²) in [6.45, 7) is 7.07. The number of carbonyl (C=O) groups is 1. The number of hydrogen-bond acceptors (Lipinski definition) is 4. The van der Waals surface area contributed by atoms with Gasteiger partial charge in [-0.3, -0.25) is 0 Å². The zero-order valence-electron chi connectivity index (χ0n) is 12.9. The summed E-state index contributed by atoms with van der Waals surface area (Å²) in [4.78, 5) is 13.4. The number of piperidine rings is 1. The highest BCUT2D eigenvalue weighted by molar-refractivity contribution is 5.68. The lowest BCUT2D eigenvalue weighted by Crippen LogP contribution is -2.48. The Balaban J connectivity index is 2.33. The van der Waals surface area contributed by atoms with Gasteiger partial charge in [0.25, 0.3) is 0 Å². The van der Waals surface area contributed by atoms with Gasteiger partial charge in [-0.25, -0.2) is 9.18 Å². The Morgan fingerprint density at radius 1 is 1.25 bits per heavy atom. The maximum Gasteiger partial charge on any atom is 0.410 e. The van der Waals surface area contributed by atoms with E-state index in [0.29, 0.717) is 26.3 Å². The van der Waals surface area contributed by atoms with Crippen LogP contribution < -0.4 is 0 Å². The van der Waals surface area contributed by atoms with Crippen molar-refractivity contribution in [2.24, 2.45) is 0 Å². The Morgan fingerprint density at radius 2 is 1.85 bits per heavy atom. The van der Waals surface area contributed by atoms with Crippen LogP contribution in [0, 0.1) is 0 Å². The maximum absolute atomic E-state index is 14.4. The van der Waals surface area contributed by atoms with Gasteiger partial charge < -0.3 is 19.1 Å². The van der Waals surface area contributed by atoms with Crippen molar-refractivity contribution in [3.05, 3.63) is 0 Å². The van der Waals surface area contributed by atoms with Gasteiger partial charge in [-0.15, -0.1) is 0 Å². The number of halogens is 1. The number of likely N-dealkylation sites (tertiary alicyclic amines) is 1. The van der Waals surface area contributed by atoms with E-state index in [0.717, 1.165) is 0 Å². The molecule has 5 nitrogen and oxygen atoms in total. The molecule has 0 radical (unpaired) electrons. The van der Waals surface area contributed by atoms with E-state index in [1.807, 2.05) is 20.8 Å². The average molecular weight is 291 g/mol. The van der Waals surface area contributed by atoms with Crippen LogP contribution in [0.15, 0.2) is 0 Å². The zero-order valence-corrected chi connectivity index (χ0v) is 12.9. The first-order valence-electron chi connectivity index (χ1n) is 6.99. The Hall–Kier alpha value is -0.880. The van der Waals surface area contributed by atoms with E-state index in [9.17, 15) is 9.18 Å². The number of hydrogen-bond donors (Lipinski definition) is 0. The average Bonchev–Trinajstić information content (AvgIpc) is 2.33. The summed E-state index contributed by atoms with van der Waals surface area (Å²) < 4.78 is 29.8. The SMILES string of the molecule is COCCOCC1(F)CCN(C(=O)OC(C)(C)C)CC1. The molecule has 0 aromatic carbocycles. The Kier molecular flexibility index (Phi) is 6.20. The molecule has 0 unspecified atom stereocenters. The number of carbonyl (C=O) groups excluding carboxylic acids is 1. The van der Waals surface area contributed by atoms with E-state index in [4.69, 9.17) is 14.2 Å². The second kappa shape index (κ2) is 7.22. The summed E-state index contributed by atoms with van der Waals surface area (Å²) in [6, 6.07) is 0. The van der Waals surface area contributed by atoms with Crippen molar-refractivity contribution < 1.29 is 23.4 Å². The monoisotopic (exact) mass is 291 g/mol. The van der Waals surface area contributed by atoms with Crippen molar-refractivity contribution in [1.29, 1.82) is 0 Å². The topological polar surface area (TPSA) is 48.0 Å². The van der Waals surface area contributed by atoms with Crippen molar-refractivity contribution in [3.63, 3.8) is 0 Å². The minimum absolute atomic E-state index is 0.0541. The molecule has 0 aliphatic carbocycles. The van der Waals surface area contributed by atoms with Gasteiger partial charge in [0.1, 0.15) is 11.3 Å². The van der Waals surface area contributed by atoms with Crippen LogP contribution in [0.4, 0.5) is 9.18 Å². The highest BCUT2D eigenvalue weighted by Gasteiger charge is 2.37. The third-order valence-corrected chi connectivity index (χ3v) is 3.10. The predicted molar refractivity (Wildman–Crippen MR) is 73.6 cm³/mol. The van der Waals surface area contributed by atoms with E-state index in [2.05, 4.69) is 0 Å². The molecular formula is C14H26FNO4. The van der Waals surface area contributed by atoms with Gasteiger partial charge in [-0.05, 0) is 20.8 Å². The fourth-order valence-electron chi connectivity index (χ4n) is 1.96. The normalized spacial score (nSPS) is 18.9. The molecule has 20 heavy (non-hydrogen) atoms. The third kappa shape index (κ3) is 6.05. The summed E-state index contributed by atoms with van der Waals surface area (Å²) in [7, 11) is 1.58. The minimum atomic E-state index is -1.35. The van der Waals surface area contributed by atoms with Gasteiger partial charge in [-0.1, -0.05) is 0 Å². The Labute approximate surface area is 120 Å². The van der Waals surface area contributed by atoms with E-state index in [-0.39, 0.29) is 25.5 Å². The Bertz CT molecular complexity index is 309.